The first kappa shape index (κ1) is 13.8. The quantitative estimate of drug-likeness (QED) is 0.765. The van der Waals surface area contributed by atoms with Gasteiger partial charge in [0.1, 0.15) is 12.2 Å². The molecule has 2 unspecified atom stereocenters. The average molecular weight is 272 g/mol. The summed E-state index contributed by atoms with van der Waals surface area (Å²) in [5.41, 5.74) is -0.334. The van der Waals surface area contributed by atoms with Crippen molar-refractivity contribution >= 4 is 5.91 Å². The van der Waals surface area contributed by atoms with E-state index >= 15 is 0 Å². The number of amides is 1. The Morgan fingerprint density at radius 1 is 1.32 bits per heavy atom. The minimum atomic E-state index is -1.28. The normalized spacial score (nSPS) is 22.8. The number of carbonyl (C=O) groups excluding carboxylic acids is 1. The van der Waals surface area contributed by atoms with Gasteiger partial charge in [0.2, 0.25) is 5.95 Å². The molecule has 0 spiro atoms. The lowest BCUT2D eigenvalue weighted by Gasteiger charge is -2.16. The topological polar surface area (TPSA) is 51.7 Å². The number of nitrogens with zero attached hydrogens (tertiary/aromatic N) is 2. The fourth-order valence-electron chi connectivity index (χ4n) is 2.12. The molecular formula is C12H14F2N2O3. The second-order valence-corrected chi connectivity index (χ2v) is 4.22. The van der Waals surface area contributed by atoms with Crippen molar-refractivity contribution in [3.8, 4) is 0 Å². The van der Waals surface area contributed by atoms with Crippen LogP contribution >= 0.6 is 0 Å². The Morgan fingerprint density at radius 2 is 1.89 bits per heavy atom. The van der Waals surface area contributed by atoms with Crippen LogP contribution in [0.1, 0.15) is 10.4 Å². The molecule has 1 aliphatic rings. The summed E-state index contributed by atoms with van der Waals surface area (Å²) in [6.45, 7) is 0.550. The smallest absolute Gasteiger partial charge is 0.257 e. The van der Waals surface area contributed by atoms with Gasteiger partial charge in [0.05, 0.1) is 5.56 Å². The first-order valence-electron chi connectivity index (χ1n) is 5.73. The van der Waals surface area contributed by atoms with Gasteiger partial charge in [0.25, 0.3) is 5.91 Å². The highest BCUT2D eigenvalue weighted by Gasteiger charge is 2.36. The second kappa shape index (κ2) is 5.58. The summed E-state index contributed by atoms with van der Waals surface area (Å²) in [6, 6.07) is 1.16. The SMILES string of the molecule is COC1CN(C(=O)c2ccnc(F)c2F)CC1OC. The summed E-state index contributed by atoms with van der Waals surface area (Å²) in [6.07, 6.45) is 0.510. The van der Waals surface area contributed by atoms with Gasteiger partial charge in [-0.25, -0.2) is 9.37 Å². The molecule has 2 atom stereocenters. The molecule has 7 heteroatoms. The lowest BCUT2D eigenvalue weighted by atomic mass is 10.2. The van der Waals surface area contributed by atoms with E-state index in [1.165, 1.54) is 19.1 Å². The van der Waals surface area contributed by atoms with E-state index in [1.54, 1.807) is 0 Å². The summed E-state index contributed by atoms with van der Waals surface area (Å²) in [5.74, 6) is -3.11. The molecule has 104 valence electrons. The van der Waals surface area contributed by atoms with E-state index in [2.05, 4.69) is 4.98 Å². The van der Waals surface area contributed by atoms with Crippen LogP contribution in [0, 0.1) is 11.8 Å². The van der Waals surface area contributed by atoms with Crippen LogP contribution < -0.4 is 0 Å². The lowest BCUT2D eigenvalue weighted by Crippen LogP contribution is -2.31. The van der Waals surface area contributed by atoms with Crippen molar-refractivity contribution in [3.63, 3.8) is 0 Å². The van der Waals surface area contributed by atoms with Crippen molar-refractivity contribution in [2.75, 3.05) is 27.3 Å². The van der Waals surface area contributed by atoms with Gasteiger partial charge in [0.15, 0.2) is 5.82 Å². The van der Waals surface area contributed by atoms with Gasteiger partial charge in [0, 0.05) is 33.5 Å². The molecule has 1 saturated heterocycles. The average Bonchev–Trinajstić information content (AvgIpc) is 2.84. The largest absolute Gasteiger partial charge is 0.377 e. The van der Waals surface area contributed by atoms with Gasteiger partial charge >= 0.3 is 0 Å². The summed E-state index contributed by atoms with van der Waals surface area (Å²) in [5, 5.41) is 0. The third-order valence-electron chi connectivity index (χ3n) is 3.19. The van der Waals surface area contributed by atoms with Crippen molar-refractivity contribution < 1.29 is 23.0 Å². The zero-order valence-corrected chi connectivity index (χ0v) is 10.6. The minimum Gasteiger partial charge on any atom is -0.377 e. The second-order valence-electron chi connectivity index (χ2n) is 4.22. The highest BCUT2D eigenvalue weighted by Crippen LogP contribution is 2.20. The van der Waals surface area contributed by atoms with E-state index in [9.17, 15) is 13.6 Å². The van der Waals surface area contributed by atoms with Crippen LogP contribution in [-0.2, 0) is 9.47 Å². The van der Waals surface area contributed by atoms with Crippen LogP contribution in [0.3, 0.4) is 0 Å². The number of hydrogen-bond donors (Lipinski definition) is 0. The molecule has 0 aliphatic carbocycles. The first-order chi connectivity index (χ1) is 9.08. The van der Waals surface area contributed by atoms with Gasteiger partial charge < -0.3 is 14.4 Å². The zero-order valence-electron chi connectivity index (χ0n) is 10.6. The number of halogens is 2. The minimum absolute atomic E-state index is 0.274. The highest BCUT2D eigenvalue weighted by atomic mass is 19.2. The molecule has 1 fully saturated rings. The molecule has 0 saturated carbocycles. The molecule has 5 nitrogen and oxygen atoms in total. The van der Waals surface area contributed by atoms with Crippen LogP contribution in [0.4, 0.5) is 8.78 Å². The molecule has 0 N–H and O–H groups in total. The molecule has 19 heavy (non-hydrogen) atoms. The number of ether oxygens (including phenoxy) is 2. The third kappa shape index (κ3) is 2.57. The van der Waals surface area contributed by atoms with Crippen molar-refractivity contribution in [3.05, 3.63) is 29.6 Å². The fourth-order valence-corrected chi connectivity index (χ4v) is 2.12. The third-order valence-corrected chi connectivity index (χ3v) is 3.19. The van der Waals surface area contributed by atoms with E-state index in [4.69, 9.17) is 9.47 Å². The molecule has 1 aromatic rings. The first-order valence-corrected chi connectivity index (χ1v) is 5.73. The van der Waals surface area contributed by atoms with E-state index < -0.39 is 17.7 Å². The maximum Gasteiger partial charge on any atom is 0.257 e. The van der Waals surface area contributed by atoms with Crippen LogP contribution in [0.25, 0.3) is 0 Å². The molecule has 1 aromatic heterocycles. The van der Waals surface area contributed by atoms with Crippen LogP contribution in [0.2, 0.25) is 0 Å². The molecule has 0 aromatic carbocycles. The van der Waals surface area contributed by atoms with Gasteiger partial charge in [-0.15, -0.1) is 0 Å². The Hall–Kier alpha value is -1.60. The standard InChI is InChI=1S/C12H14F2N2O3/c1-18-8-5-16(6-9(8)19-2)12(17)7-3-4-15-11(14)10(7)13/h3-4,8-9H,5-6H2,1-2H3. The predicted molar refractivity (Wildman–Crippen MR) is 61.7 cm³/mol. The number of methoxy groups -OCH3 is 2. The van der Waals surface area contributed by atoms with Gasteiger partial charge in [-0.2, -0.15) is 4.39 Å². The Morgan fingerprint density at radius 3 is 2.42 bits per heavy atom. The molecule has 1 amide bonds. The van der Waals surface area contributed by atoms with Crippen LogP contribution in [-0.4, -0.2) is 55.3 Å². The monoisotopic (exact) mass is 272 g/mol. The summed E-state index contributed by atoms with van der Waals surface area (Å²) >= 11 is 0. The zero-order chi connectivity index (χ0) is 14.0. The number of aromatic nitrogens is 1. The fraction of sp³-hybridized carbons (Fsp3) is 0.500. The number of pyridine rings is 1. The van der Waals surface area contributed by atoms with E-state index in [1.807, 2.05) is 0 Å². The number of carbonyl (C=O) groups is 1. The molecule has 1 aliphatic heterocycles. The highest BCUT2D eigenvalue weighted by molar-refractivity contribution is 5.94. The van der Waals surface area contributed by atoms with E-state index in [0.29, 0.717) is 0 Å². The van der Waals surface area contributed by atoms with Crippen molar-refractivity contribution in [2.24, 2.45) is 0 Å². The van der Waals surface area contributed by atoms with Gasteiger partial charge in [-0.1, -0.05) is 0 Å². The Labute approximate surface area is 109 Å². The Bertz CT molecular complexity index is 472. The van der Waals surface area contributed by atoms with Crippen molar-refractivity contribution in [1.29, 1.82) is 0 Å². The molecular weight excluding hydrogens is 258 g/mol. The predicted octanol–water partition coefficient (Wildman–Crippen LogP) is 0.846. The summed E-state index contributed by atoms with van der Waals surface area (Å²) in [7, 11) is 3.02. The molecule has 2 rings (SSSR count). The van der Waals surface area contributed by atoms with Gasteiger partial charge in [-0.05, 0) is 6.07 Å². The molecule has 2 heterocycles. The summed E-state index contributed by atoms with van der Waals surface area (Å²) < 4.78 is 36.9. The van der Waals surface area contributed by atoms with Crippen LogP contribution in [0.5, 0.6) is 0 Å². The number of likely N-dealkylation sites (tertiary alicyclic amines) is 1. The maximum atomic E-state index is 13.5. The molecule has 0 bridgehead atoms. The Kier molecular flexibility index (Phi) is 4.06. The van der Waals surface area contributed by atoms with Gasteiger partial charge in [-0.3, -0.25) is 4.79 Å². The molecule has 0 radical (unpaired) electrons. The maximum absolute atomic E-state index is 13.5. The van der Waals surface area contributed by atoms with Crippen molar-refractivity contribution in [2.45, 2.75) is 12.2 Å². The lowest BCUT2D eigenvalue weighted by molar-refractivity contribution is -0.00461. The van der Waals surface area contributed by atoms with Crippen molar-refractivity contribution in [1.82, 2.24) is 9.88 Å². The van der Waals surface area contributed by atoms with E-state index in [-0.39, 0.29) is 30.9 Å². The van der Waals surface area contributed by atoms with E-state index in [0.717, 1.165) is 12.3 Å². The number of hydrogen-bond acceptors (Lipinski definition) is 4. The number of rotatable bonds is 3. The Balaban J connectivity index is 2.19. The summed E-state index contributed by atoms with van der Waals surface area (Å²) in [4.78, 5) is 16.6. The van der Waals surface area contributed by atoms with Crippen LogP contribution in [0.15, 0.2) is 12.3 Å².